The van der Waals surface area contributed by atoms with Crippen molar-refractivity contribution in [2.75, 3.05) is 0 Å². The van der Waals surface area contributed by atoms with Crippen LogP contribution < -0.4 is 0 Å². The fraction of sp³-hybridized carbons (Fsp3) is 0.286. The lowest BCUT2D eigenvalue weighted by Gasteiger charge is -2.30. The maximum atomic E-state index is 12.4. The van der Waals surface area contributed by atoms with Crippen molar-refractivity contribution in [2.24, 2.45) is 0 Å². The molecule has 19 heavy (non-hydrogen) atoms. The van der Waals surface area contributed by atoms with Crippen LogP contribution >= 0.6 is 0 Å². The molecule has 98 valence electrons. The highest BCUT2D eigenvalue weighted by Crippen LogP contribution is 2.54. The van der Waals surface area contributed by atoms with Gasteiger partial charge in [-0.1, -0.05) is 24.3 Å². The number of ketones is 2. The first-order valence-electron chi connectivity index (χ1n) is 5.84. The number of hydrogen-bond donors (Lipinski definition) is 2. The Kier molecular flexibility index (Phi) is 2.11. The van der Waals surface area contributed by atoms with Crippen molar-refractivity contribution < 1.29 is 24.5 Å². The minimum Gasteiger partial charge on any atom is -0.458 e. The fourth-order valence-electron chi connectivity index (χ4n) is 2.96. The lowest BCUT2D eigenvalue weighted by Crippen LogP contribution is -2.52. The molecule has 2 N–H and O–H groups in total. The van der Waals surface area contributed by atoms with Crippen molar-refractivity contribution in [1.29, 1.82) is 0 Å². The van der Waals surface area contributed by atoms with Crippen LogP contribution in [0.3, 0.4) is 0 Å². The summed E-state index contributed by atoms with van der Waals surface area (Å²) >= 11 is 0. The molecule has 2 atom stereocenters. The van der Waals surface area contributed by atoms with Gasteiger partial charge in [-0.15, -0.1) is 0 Å². The zero-order valence-electron chi connectivity index (χ0n) is 10.4. The van der Waals surface area contributed by atoms with Crippen LogP contribution in [0.4, 0.5) is 0 Å². The van der Waals surface area contributed by atoms with E-state index in [1.165, 1.54) is 26.0 Å². The van der Waals surface area contributed by atoms with Crippen LogP contribution in [-0.4, -0.2) is 27.4 Å². The quantitative estimate of drug-likeness (QED) is 0.774. The highest BCUT2D eigenvalue weighted by molar-refractivity contribution is 6.16. The van der Waals surface area contributed by atoms with E-state index < -0.39 is 23.0 Å². The number of rotatable bonds is 1. The van der Waals surface area contributed by atoms with Gasteiger partial charge in [-0.2, -0.15) is 0 Å². The lowest BCUT2D eigenvalue weighted by molar-refractivity contribution is -0.235. The van der Waals surface area contributed by atoms with Crippen molar-refractivity contribution in [3.8, 4) is 0 Å². The Bertz CT molecular complexity index is 660. The van der Waals surface area contributed by atoms with E-state index in [2.05, 4.69) is 0 Å². The van der Waals surface area contributed by atoms with Crippen LogP contribution in [-0.2, 0) is 15.3 Å². The summed E-state index contributed by atoms with van der Waals surface area (Å²) in [6.45, 7) is 2.67. The van der Waals surface area contributed by atoms with Crippen molar-refractivity contribution >= 4 is 11.6 Å². The Balaban J connectivity index is 2.33. The summed E-state index contributed by atoms with van der Waals surface area (Å²) in [7, 11) is 0. The highest BCUT2D eigenvalue weighted by atomic mass is 16.7. The van der Waals surface area contributed by atoms with Crippen LogP contribution in [0.25, 0.3) is 0 Å². The lowest BCUT2D eigenvalue weighted by atomic mass is 9.84. The van der Waals surface area contributed by atoms with Gasteiger partial charge in [-0.25, -0.2) is 0 Å². The molecule has 0 unspecified atom stereocenters. The first kappa shape index (κ1) is 12.1. The summed E-state index contributed by atoms with van der Waals surface area (Å²) in [4.78, 5) is 24.1. The van der Waals surface area contributed by atoms with Gasteiger partial charge in [0.2, 0.25) is 11.4 Å². The summed E-state index contributed by atoms with van der Waals surface area (Å²) in [5, 5.41) is 21.3. The molecule has 5 nitrogen and oxygen atoms in total. The van der Waals surface area contributed by atoms with Gasteiger partial charge in [-0.3, -0.25) is 9.59 Å². The molecule has 0 amide bonds. The molecule has 0 spiro atoms. The minimum absolute atomic E-state index is 0.0698. The molecular formula is C14H12O5. The summed E-state index contributed by atoms with van der Waals surface area (Å²) in [6, 6.07) is 6.23. The molecule has 1 aromatic carbocycles. The predicted octanol–water partition coefficient (Wildman–Crippen LogP) is 0.652. The largest absolute Gasteiger partial charge is 0.458 e. The van der Waals surface area contributed by atoms with Crippen molar-refractivity contribution in [3.05, 3.63) is 46.7 Å². The molecule has 0 saturated carbocycles. The zero-order valence-corrected chi connectivity index (χ0v) is 10.4. The Hall–Kier alpha value is -1.98. The highest BCUT2D eigenvalue weighted by Gasteiger charge is 2.71. The SMILES string of the molecule is CC(=O)C1=C(C)O[C@]2(O)c3ccccc3C(=O)[C@@]12O. The zero-order chi connectivity index (χ0) is 14.0. The molecule has 1 aliphatic carbocycles. The number of Topliss-reactive ketones (excluding diaryl/α,β-unsaturated/α-hetero) is 2. The van der Waals surface area contributed by atoms with Gasteiger partial charge < -0.3 is 14.9 Å². The van der Waals surface area contributed by atoms with E-state index >= 15 is 0 Å². The molecule has 1 aromatic rings. The molecule has 1 aliphatic heterocycles. The normalized spacial score (nSPS) is 32.1. The third-order valence-corrected chi connectivity index (χ3v) is 3.72. The topological polar surface area (TPSA) is 83.8 Å². The van der Waals surface area contributed by atoms with E-state index in [0.29, 0.717) is 0 Å². The van der Waals surface area contributed by atoms with Gasteiger partial charge >= 0.3 is 0 Å². The van der Waals surface area contributed by atoms with Gasteiger partial charge in [0, 0.05) is 11.1 Å². The smallest absolute Gasteiger partial charge is 0.276 e. The first-order valence-corrected chi connectivity index (χ1v) is 5.84. The maximum absolute atomic E-state index is 12.4. The van der Waals surface area contributed by atoms with Crippen LogP contribution in [0.15, 0.2) is 35.6 Å². The number of fused-ring (bicyclic) bond motifs is 3. The monoisotopic (exact) mass is 260 g/mol. The van der Waals surface area contributed by atoms with E-state index in [9.17, 15) is 19.8 Å². The van der Waals surface area contributed by atoms with Crippen LogP contribution in [0.1, 0.15) is 29.8 Å². The molecule has 3 rings (SSSR count). The molecule has 2 aliphatic rings. The van der Waals surface area contributed by atoms with Crippen molar-refractivity contribution in [2.45, 2.75) is 25.2 Å². The molecule has 1 heterocycles. The summed E-state index contributed by atoms with van der Waals surface area (Å²) in [6.07, 6.45) is 0. The second-order valence-corrected chi connectivity index (χ2v) is 4.82. The second-order valence-electron chi connectivity index (χ2n) is 4.82. The van der Waals surface area contributed by atoms with E-state index in [0.717, 1.165) is 0 Å². The van der Waals surface area contributed by atoms with Gasteiger partial charge in [0.25, 0.3) is 5.79 Å². The summed E-state index contributed by atoms with van der Waals surface area (Å²) in [5.74, 6) is -3.36. The predicted molar refractivity (Wildman–Crippen MR) is 64.1 cm³/mol. The van der Waals surface area contributed by atoms with Gasteiger partial charge in [0.05, 0.1) is 5.57 Å². The molecule has 0 bridgehead atoms. The van der Waals surface area contributed by atoms with Crippen molar-refractivity contribution in [3.63, 3.8) is 0 Å². The Morgan fingerprint density at radius 1 is 1.26 bits per heavy atom. The third-order valence-electron chi connectivity index (χ3n) is 3.72. The number of allylic oxidation sites excluding steroid dienone is 1. The standard InChI is InChI=1S/C14H12O5/c1-7(15)11-8(2)19-14(18)10-6-4-3-5-9(10)12(16)13(11,14)17/h3-6,17-18H,1-2H3/t13-,14+/m0/s1. The van der Waals surface area contributed by atoms with E-state index in [4.69, 9.17) is 4.74 Å². The average molecular weight is 260 g/mol. The van der Waals surface area contributed by atoms with Gasteiger partial charge in [0.1, 0.15) is 5.76 Å². The molecule has 0 aromatic heterocycles. The van der Waals surface area contributed by atoms with Gasteiger partial charge in [-0.05, 0) is 13.8 Å². The van der Waals surface area contributed by atoms with E-state index in [-0.39, 0.29) is 22.5 Å². The summed E-state index contributed by atoms with van der Waals surface area (Å²) in [5.41, 5.74) is -2.19. The minimum atomic E-state index is -2.35. The van der Waals surface area contributed by atoms with Crippen LogP contribution in [0, 0.1) is 0 Å². The number of aliphatic hydroxyl groups is 2. The Labute approximate surface area is 109 Å². The van der Waals surface area contributed by atoms with Gasteiger partial charge in [0.15, 0.2) is 5.78 Å². The third kappa shape index (κ3) is 1.12. The molecule has 0 saturated heterocycles. The van der Waals surface area contributed by atoms with E-state index in [1.807, 2.05) is 0 Å². The number of hydrogen-bond acceptors (Lipinski definition) is 5. The molecular weight excluding hydrogens is 248 g/mol. The Morgan fingerprint density at radius 3 is 2.53 bits per heavy atom. The fourth-order valence-corrected chi connectivity index (χ4v) is 2.96. The second kappa shape index (κ2) is 3.31. The van der Waals surface area contributed by atoms with Crippen LogP contribution in [0.5, 0.6) is 0 Å². The number of carbonyl (C=O) groups is 2. The van der Waals surface area contributed by atoms with E-state index in [1.54, 1.807) is 12.1 Å². The average Bonchev–Trinajstić information content (AvgIpc) is 2.65. The maximum Gasteiger partial charge on any atom is 0.276 e. The summed E-state index contributed by atoms with van der Waals surface area (Å²) < 4.78 is 5.29. The first-order chi connectivity index (χ1) is 8.84. The number of carbonyl (C=O) groups excluding carboxylic acids is 2. The Morgan fingerprint density at radius 2 is 1.89 bits per heavy atom. The number of benzene rings is 1. The molecule has 0 fully saturated rings. The molecule has 0 radical (unpaired) electrons. The van der Waals surface area contributed by atoms with Crippen molar-refractivity contribution in [1.82, 2.24) is 0 Å². The van der Waals surface area contributed by atoms with Crippen LogP contribution in [0.2, 0.25) is 0 Å². The molecule has 5 heteroatoms. The number of ether oxygens (including phenoxy) is 1.